The smallest absolute Gasteiger partial charge is 0.291 e. The molecule has 0 atom stereocenters. The van der Waals surface area contributed by atoms with Gasteiger partial charge in [0.05, 0.1) is 23.1 Å². The molecule has 6 heterocycles. The molecular formula is C30H27FN8O2S. The highest BCUT2D eigenvalue weighted by atomic mass is 32.1. The minimum Gasteiger partial charge on any atom is -0.438 e. The van der Waals surface area contributed by atoms with Gasteiger partial charge in [0.15, 0.2) is 11.5 Å². The van der Waals surface area contributed by atoms with Crippen molar-refractivity contribution < 1.29 is 13.6 Å². The molecule has 2 aliphatic rings. The fourth-order valence-corrected chi connectivity index (χ4v) is 6.92. The van der Waals surface area contributed by atoms with Crippen molar-refractivity contribution in [1.82, 2.24) is 24.5 Å². The monoisotopic (exact) mass is 582 g/mol. The molecule has 2 fully saturated rings. The van der Waals surface area contributed by atoms with Crippen LogP contribution in [0.5, 0.6) is 0 Å². The lowest BCUT2D eigenvalue weighted by molar-refractivity contribution is -0.0124. The van der Waals surface area contributed by atoms with Crippen LogP contribution in [0.2, 0.25) is 0 Å². The van der Waals surface area contributed by atoms with Crippen LogP contribution in [0.3, 0.4) is 0 Å². The summed E-state index contributed by atoms with van der Waals surface area (Å²) >= 11 is 1.30. The maximum absolute atomic E-state index is 13.5. The van der Waals surface area contributed by atoms with Gasteiger partial charge in [-0.05, 0) is 49.7 Å². The van der Waals surface area contributed by atoms with Crippen LogP contribution in [0, 0.1) is 29.5 Å². The molecule has 0 bridgehead atoms. The predicted molar refractivity (Wildman–Crippen MR) is 157 cm³/mol. The van der Waals surface area contributed by atoms with Gasteiger partial charge in [0.1, 0.15) is 22.5 Å². The fraction of sp³-hybridized carbons (Fsp3) is 0.300. The van der Waals surface area contributed by atoms with E-state index in [-0.39, 0.29) is 22.9 Å². The molecule has 10 nitrogen and oxygen atoms in total. The lowest BCUT2D eigenvalue weighted by Gasteiger charge is -2.60. The van der Waals surface area contributed by atoms with Crippen molar-refractivity contribution in [3.05, 3.63) is 76.8 Å². The van der Waals surface area contributed by atoms with E-state index in [4.69, 9.17) is 14.5 Å². The summed E-state index contributed by atoms with van der Waals surface area (Å²) in [5.41, 5.74) is 6.26. The number of aryl methyl sites for hydroxylation is 2. The summed E-state index contributed by atoms with van der Waals surface area (Å²) in [6.07, 6.45) is 3.46. The molecular weight excluding hydrogens is 555 g/mol. The molecule has 2 saturated heterocycles. The second-order valence-corrected chi connectivity index (χ2v) is 12.0. The number of nitrogens with zero attached hydrogens (tertiary/aromatic N) is 8. The molecule has 0 saturated carbocycles. The number of benzene rings is 1. The average molecular weight is 583 g/mol. The Kier molecular flexibility index (Phi) is 6.02. The lowest BCUT2D eigenvalue weighted by Crippen LogP contribution is -2.73. The van der Waals surface area contributed by atoms with Crippen molar-refractivity contribution in [3.63, 3.8) is 0 Å². The first-order chi connectivity index (χ1) is 20.3. The van der Waals surface area contributed by atoms with Gasteiger partial charge < -0.3 is 19.1 Å². The number of fused-ring (bicyclic) bond motifs is 1. The van der Waals surface area contributed by atoms with Crippen LogP contribution in [-0.2, 0) is 6.42 Å². The Hall–Kier alpha value is -4.76. The molecule has 7 rings (SSSR count). The summed E-state index contributed by atoms with van der Waals surface area (Å²) in [5.74, 6) is -0.173. The van der Waals surface area contributed by atoms with Gasteiger partial charge in [-0.25, -0.2) is 18.9 Å². The molecule has 0 unspecified atom stereocenters. The number of hydrogen-bond donors (Lipinski definition) is 0. The lowest BCUT2D eigenvalue weighted by atomic mass is 9.72. The van der Waals surface area contributed by atoms with Crippen LogP contribution < -0.4 is 9.80 Å². The average Bonchev–Trinajstić information content (AvgIpc) is 3.70. The van der Waals surface area contributed by atoms with Crippen LogP contribution >= 0.6 is 11.3 Å². The number of thiazole rings is 1. The van der Waals surface area contributed by atoms with Crippen molar-refractivity contribution in [3.8, 4) is 17.3 Å². The van der Waals surface area contributed by atoms with E-state index in [1.807, 2.05) is 28.3 Å². The predicted octanol–water partition coefficient (Wildman–Crippen LogP) is 5.06. The fourth-order valence-electron chi connectivity index (χ4n) is 6.07. The second kappa shape index (κ2) is 9.66. The number of likely N-dealkylation sites (tertiary alicyclic amines) is 1. The molecule has 1 spiro atoms. The zero-order valence-corrected chi connectivity index (χ0v) is 24.2. The number of aromatic nitrogens is 4. The highest BCUT2D eigenvalue weighted by molar-refractivity contribution is 7.16. The van der Waals surface area contributed by atoms with E-state index in [1.54, 1.807) is 12.1 Å². The van der Waals surface area contributed by atoms with E-state index in [1.165, 1.54) is 36.1 Å². The Balaban J connectivity index is 1.17. The topological polar surface area (TPSA) is 107 Å². The van der Waals surface area contributed by atoms with Crippen molar-refractivity contribution in [2.24, 2.45) is 5.41 Å². The SMILES string of the molecule is CCc1nn2c(C)cc(N3CC4(CN(C(=O)c5cnco5)C4)C3)cc2c1N(C)c1nc(-c2ccc(F)cc2)c(C#N)s1. The van der Waals surface area contributed by atoms with Gasteiger partial charge in [-0.15, -0.1) is 0 Å². The number of amides is 1. The summed E-state index contributed by atoms with van der Waals surface area (Å²) in [4.78, 5) is 27.9. The number of anilines is 3. The third-order valence-electron chi connectivity index (χ3n) is 8.13. The summed E-state index contributed by atoms with van der Waals surface area (Å²) < 4.78 is 20.7. The maximum atomic E-state index is 13.5. The molecule has 12 heteroatoms. The highest BCUT2D eigenvalue weighted by Crippen LogP contribution is 2.44. The molecule has 5 aromatic rings. The van der Waals surface area contributed by atoms with Crippen molar-refractivity contribution in [1.29, 1.82) is 5.26 Å². The first kappa shape index (κ1) is 26.2. The van der Waals surface area contributed by atoms with E-state index in [0.717, 1.165) is 47.8 Å². The molecule has 0 N–H and O–H groups in total. The van der Waals surface area contributed by atoms with E-state index >= 15 is 0 Å². The Morgan fingerprint density at radius 1 is 1.21 bits per heavy atom. The van der Waals surface area contributed by atoms with Gasteiger partial charge >= 0.3 is 0 Å². The van der Waals surface area contributed by atoms with E-state index in [9.17, 15) is 14.4 Å². The molecule has 1 aromatic carbocycles. The van der Waals surface area contributed by atoms with Gasteiger partial charge in [0, 0.05) is 55.6 Å². The van der Waals surface area contributed by atoms with Crippen molar-refractivity contribution >= 4 is 39.3 Å². The number of carbonyl (C=O) groups excluding carboxylic acids is 1. The number of halogens is 1. The van der Waals surface area contributed by atoms with Crippen LogP contribution in [0.15, 0.2) is 53.4 Å². The van der Waals surface area contributed by atoms with Gasteiger partial charge in [0.2, 0.25) is 5.76 Å². The summed E-state index contributed by atoms with van der Waals surface area (Å²) in [6, 6.07) is 12.6. The van der Waals surface area contributed by atoms with Gasteiger partial charge in [-0.3, -0.25) is 4.79 Å². The number of hydrogen-bond acceptors (Lipinski definition) is 9. The van der Waals surface area contributed by atoms with E-state index in [2.05, 4.69) is 35.0 Å². The minimum absolute atomic E-state index is 0.0928. The number of carbonyl (C=O) groups is 1. The van der Waals surface area contributed by atoms with Gasteiger partial charge in [0.25, 0.3) is 5.91 Å². The summed E-state index contributed by atoms with van der Waals surface area (Å²) in [7, 11) is 1.94. The van der Waals surface area contributed by atoms with Crippen LogP contribution in [-0.4, -0.2) is 63.6 Å². The molecule has 1 amide bonds. The largest absolute Gasteiger partial charge is 0.438 e. The molecule has 0 radical (unpaired) electrons. The zero-order valence-electron chi connectivity index (χ0n) is 23.3. The van der Waals surface area contributed by atoms with E-state index < -0.39 is 0 Å². The summed E-state index contributed by atoms with van der Waals surface area (Å²) in [6.45, 7) is 7.25. The highest BCUT2D eigenvalue weighted by Gasteiger charge is 2.53. The zero-order chi connectivity index (χ0) is 29.2. The number of rotatable bonds is 6. The Labute approximate surface area is 245 Å². The van der Waals surface area contributed by atoms with Crippen molar-refractivity contribution in [2.75, 3.05) is 43.0 Å². The molecule has 212 valence electrons. The van der Waals surface area contributed by atoms with Crippen LogP contribution in [0.25, 0.3) is 16.8 Å². The first-order valence-electron chi connectivity index (χ1n) is 13.6. The minimum atomic E-state index is -0.336. The number of pyridine rings is 1. The number of nitriles is 1. The Bertz CT molecular complexity index is 1860. The van der Waals surface area contributed by atoms with E-state index in [0.29, 0.717) is 34.4 Å². The van der Waals surface area contributed by atoms with Crippen LogP contribution in [0.4, 0.5) is 20.9 Å². The standard InChI is InChI=1S/C30H27FN8O2S/c1-4-22-27(36(3)29-34-26(25(11-32)42-29)19-5-7-20(31)8-6-19)23-10-21(9-18(2)39(23)35-22)37-13-30(14-37)15-38(16-30)28(40)24-12-33-17-41-24/h5-10,12,17H,4,13-16H2,1-3H3. The molecule has 2 aliphatic heterocycles. The Morgan fingerprint density at radius 2 is 1.98 bits per heavy atom. The maximum Gasteiger partial charge on any atom is 0.291 e. The first-order valence-corrected chi connectivity index (χ1v) is 14.5. The van der Waals surface area contributed by atoms with Gasteiger partial charge in [-0.1, -0.05) is 18.3 Å². The van der Waals surface area contributed by atoms with Crippen molar-refractivity contribution in [2.45, 2.75) is 20.3 Å². The molecule has 42 heavy (non-hydrogen) atoms. The molecule has 4 aromatic heterocycles. The van der Waals surface area contributed by atoms with Crippen LogP contribution in [0.1, 0.15) is 33.7 Å². The quantitative estimate of drug-likeness (QED) is 0.274. The molecule has 0 aliphatic carbocycles. The number of oxazole rings is 1. The third kappa shape index (κ3) is 4.11. The normalized spacial score (nSPS) is 15.5. The second-order valence-electron chi connectivity index (χ2n) is 11.0. The Morgan fingerprint density at radius 3 is 2.64 bits per heavy atom. The van der Waals surface area contributed by atoms with Gasteiger partial charge in [-0.2, -0.15) is 10.4 Å². The third-order valence-corrected chi connectivity index (χ3v) is 9.17. The summed E-state index contributed by atoms with van der Waals surface area (Å²) in [5, 5.41) is 15.4.